The molecule has 1 aliphatic rings. The van der Waals surface area contributed by atoms with Crippen LogP contribution < -0.4 is 5.73 Å². The Morgan fingerprint density at radius 1 is 1.56 bits per heavy atom. The van der Waals surface area contributed by atoms with E-state index in [1.807, 2.05) is 0 Å². The molecular weight excluding hydrogens is 272 g/mol. The van der Waals surface area contributed by atoms with E-state index in [1.165, 1.54) is 16.8 Å². The van der Waals surface area contributed by atoms with Gasteiger partial charge in [-0.25, -0.2) is 13.4 Å². The quantitative estimate of drug-likeness (QED) is 0.775. The van der Waals surface area contributed by atoms with Crippen LogP contribution in [-0.4, -0.2) is 40.3 Å². The lowest BCUT2D eigenvalue weighted by Gasteiger charge is -2.26. The van der Waals surface area contributed by atoms with Crippen molar-refractivity contribution < 1.29 is 8.42 Å². The third kappa shape index (κ3) is 2.70. The number of H-pyrrole nitrogens is 1. The highest BCUT2D eigenvalue weighted by Gasteiger charge is 2.34. The van der Waals surface area contributed by atoms with Crippen LogP contribution in [0.2, 0.25) is 0 Å². The minimum Gasteiger partial charge on any atom is -0.392 e. The van der Waals surface area contributed by atoms with Crippen LogP contribution in [0.3, 0.4) is 0 Å². The Labute approximate surface area is 112 Å². The van der Waals surface area contributed by atoms with Gasteiger partial charge in [0.05, 0.1) is 24.1 Å². The molecule has 1 saturated carbocycles. The Hall–Kier alpha value is -0.990. The molecule has 0 spiro atoms. The average Bonchev–Trinajstić information content (AvgIpc) is 2.98. The minimum atomic E-state index is -3.59. The zero-order valence-corrected chi connectivity index (χ0v) is 11.5. The summed E-state index contributed by atoms with van der Waals surface area (Å²) in [5.41, 5.74) is 5.51. The van der Waals surface area contributed by atoms with E-state index < -0.39 is 10.0 Å². The monoisotopic (exact) mass is 288 g/mol. The van der Waals surface area contributed by atoms with E-state index in [2.05, 4.69) is 9.97 Å². The van der Waals surface area contributed by atoms with E-state index in [0.717, 1.165) is 25.7 Å². The zero-order valence-electron chi connectivity index (χ0n) is 9.87. The van der Waals surface area contributed by atoms with E-state index in [-0.39, 0.29) is 22.6 Å². The van der Waals surface area contributed by atoms with Gasteiger partial charge in [-0.1, -0.05) is 25.1 Å². The average molecular weight is 288 g/mol. The van der Waals surface area contributed by atoms with Crippen molar-refractivity contribution in [3.8, 4) is 0 Å². The number of hydrogen-bond acceptors (Lipinski definition) is 4. The summed E-state index contributed by atoms with van der Waals surface area (Å²) in [7, 11) is -3.59. The Balaban J connectivity index is 2.30. The standard InChI is InChI=1S/C10H16N4O2S2/c11-9(17)6-14(8-3-1-2-4-8)18(15,16)10-5-12-7-13-10/h5,7-8H,1-4,6H2,(H2,11,17)(H,12,13). The fourth-order valence-corrected chi connectivity index (χ4v) is 4.05. The fourth-order valence-electron chi connectivity index (χ4n) is 2.27. The van der Waals surface area contributed by atoms with Crippen LogP contribution in [-0.2, 0) is 10.0 Å². The molecule has 6 nitrogen and oxygen atoms in total. The Morgan fingerprint density at radius 2 is 2.22 bits per heavy atom. The largest absolute Gasteiger partial charge is 0.392 e. The maximum atomic E-state index is 12.5. The van der Waals surface area contributed by atoms with E-state index in [0.29, 0.717) is 0 Å². The molecule has 3 N–H and O–H groups in total. The molecule has 1 aromatic heterocycles. The van der Waals surface area contributed by atoms with Gasteiger partial charge in [0.25, 0.3) is 10.0 Å². The van der Waals surface area contributed by atoms with Crippen LogP contribution in [0.4, 0.5) is 0 Å². The first-order valence-electron chi connectivity index (χ1n) is 5.80. The predicted molar refractivity (Wildman–Crippen MR) is 71.5 cm³/mol. The second kappa shape index (κ2) is 5.33. The van der Waals surface area contributed by atoms with Crippen molar-refractivity contribution in [1.82, 2.24) is 14.3 Å². The maximum Gasteiger partial charge on any atom is 0.260 e. The van der Waals surface area contributed by atoms with Gasteiger partial charge >= 0.3 is 0 Å². The van der Waals surface area contributed by atoms with Crippen LogP contribution in [0.1, 0.15) is 25.7 Å². The van der Waals surface area contributed by atoms with Gasteiger partial charge in [0.1, 0.15) is 0 Å². The van der Waals surface area contributed by atoms with Crippen molar-refractivity contribution in [1.29, 1.82) is 0 Å². The van der Waals surface area contributed by atoms with E-state index in [9.17, 15) is 8.42 Å². The zero-order chi connectivity index (χ0) is 13.2. The first-order chi connectivity index (χ1) is 8.51. The van der Waals surface area contributed by atoms with Crippen molar-refractivity contribution in [3.05, 3.63) is 12.5 Å². The smallest absolute Gasteiger partial charge is 0.260 e. The molecule has 8 heteroatoms. The molecule has 18 heavy (non-hydrogen) atoms. The number of aromatic amines is 1. The molecule has 0 amide bonds. The minimum absolute atomic E-state index is 0.0141. The summed E-state index contributed by atoms with van der Waals surface area (Å²) >= 11 is 4.85. The molecule has 100 valence electrons. The second-order valence-electron chi connectivity index (χ2n) is 4.37. The first-order valence-corrected chi connectivity index (χ1v) is 7.65. The summed E-state index contributed by atoms with van der Waals surface area (Å²) < 4.78 is 26.3. The number of imidazole rings is 1. The highest BCUT2D eigenvalue weighted by atomic mass is 32.2. The highest BCUT2D eigenvalue weighted by molar-refractivity contribution is 7.89. The Kier molecular flexibility index (Phi) is 3.98. The lowest BCUT2D eigenvalue weighted by Crippen LogP contribution is -2.43. The highest BCUT2D eigenvalue weighted by Crippen LogP contribution is 2.27. The topological polar surface area (TPSA) is 92.1 Å². The molecule has 0 unspecified atom stereocenters. The lowest BCUT2D eigenvalue weighted by atomic mass is 10.2. The number of aromatic nitrogens is 2. The Bertz CT molecular complexity index is 506. The van der Waals surface area contributed by atoms with Crippen molar-refractivity contribution in [2.75, 3.05) is 6.54 Å². The fraction of sp³-hybridized carbons (Fsp3) is 0.600. The van der Waals surface area contributed by atoms with Crippen molar-refractivity contribution in [2.24, 2.45) is 5.73 Å². The number of nitrogens with two attached hydrogens (primary N) is 1. The van der Waals surface area contributed by atoms with Crippen LogP contribution in [0, 0.1) is 0 Å². The van der Waals surface area contributed by atoms with Crippen LogP contribution in [0.25, 0.3) is 0 Å². The van der Waals surface area contributed by atoms with Gasteiger partial charge in [-0.05, 0) is 12.8 Å². The summed E-state index contributed by atoms with van der Waals surface area (Å²) in [6.45, 7) is 0.0847. The number of thiocarbonyl (C=S) groups is 1. The number of sulfonamides is 1. The number of rotatable bonds is 5. The summed E-state index contributed by atoms with van der Waals surface area (Å²) in [5, 5.41) is 0.0886. The summed E-state index contributed by atoms with van der Waals surface area (Å²) in [4.78, 5) is 6.57. The number of nitrogens with zero attached hydrogens (tertiary/aromatic N) is 2. The molecule has 0 aliphatic heterocycles. The molecule has 2 rings (SSSR count). The molecule has 0 aromatic carbocycles. The summed E-state index contributed by atoms with van der Waals surface area (Å²) in [6, 6.07) is -0.0141. The SMILES string of the molecule is NC(=S)CN(C1CCCC1)S(=O)(=O)c1cnc[nH]1. The maximum absolute atomic E-state index is 12.5. The van der Waals surface area contributed by atoms with Gasteiger partial charge in [-0.15, -0.1) is 0 Å². The van der Waals surface area contributed by atoms with E-state index in [4.69, 9.17) is 18.0 Å². The van der Waals surface area contributed by atoms with Crippen LogP contribution >= 0.6 is 12.2 Å². The lowest BCUT2D eigenvalue weighted by molar-refractivity contribution is 0.354. The predicted octanol–water partition coefficient (Wildman–Crippen LogP) is 0.629. The van der Waals surface area contributed by atoms with Gasteiger partial charge in [-0.2, -0.15) is 4.31 Å². The molecule has 0 radical (unpaired) electrons. The van der Waals surface area contributed by atoms with Crippen molar-refractivity contribution >= 4 is 27.2 Å². The molecule has 0 saturated heterocycles. The van der Waals surface area contributed by atoms with Gasteiger partial charge in [0.15, 0.2) is 5.03 Å². The van der Waals surface area contributed by atoms with Gasteiger partial charge < -0.3 is 10.7 Å². The molecule has 1 aliphatic carbocycles. The Morgan fingerprint density at radius 3 is 2.72 bits per heavy atom. The summed E-state index contributed by atoms with van der Waals surface area (Å²) in [6.07, 6.45) is 6.44. The third-order valence-electron chi connectivity index (χ3n) is 3.10. The van der Waals surface area contributed by atoms with Gasteiger partial charge in [-0.3, -0.25) is 0 Å². The molecule has 1 heterocycles. The first kappa shape index (κ1) is 13.4. The normalized spacial score (nSPS) is 17.4. The van der Waals surface area contributed by atoms with Crippen molar-refractivity contribution in [2.45, 2.75) is 36.8 Å². The van der Waals surface area contributed by atoms with Gasteiger partial charge in [0, 0.05) is 6.04 Å². The molecular formula is C10H16N4O2S2. The molecule has 1 fully saturated rings. The molecule has 0 atom stereocenters. The molecule has 1 aromatic rings. The van der Waals surface area contributed by atoms with Crippen LogP contribution in [0.15, 0.2) is 17.6 Å². The third-order valence-corrected chi connectivity index (χ3v) is 5.06. The van der Waals surface area contributed by atoms with Crippen LogP contribution in [0.5, 0.6) is 0 Å². The van der Waals surface area contributed by atoms with E-state index in [1.54, 1.807) is 0 Å². The van der Waals surface area contributed by atoms with Gasteiger partial charge in [0.2, 0.25) is 0 Å². The number of nitrogens with one attached hydrogen (secondary N) is 1. The number of hydrogen-bond donors (Lipinski definition) is 2. The van der Waals surface area contributed by atoms with E-state index >= 15 is 0 Å². The molecule has 0 bridgehead atoms. The van der Waals surface area contributed by atoms with Crippen molar-refractivity contribution in [3.63, 3.8) is 0 Å². The summed E-state index contributed by atoms with van der Waals surface area (Å²) in [5.74, 6) is 0. The second-order valence-corrected chi connectivity index (χ2v) is 6.75.